The highest BCUT2D eigenvalue weighted by atomic mass is 32.2. The molecular formula is C25H35F3N6O4S. The summed E-state index contributed by atoms with van der Waals surface area (Å²) in [5.41, 5.74) is -0.602. The molecular weight excluding hydrogens is 537 g/mol. The lowest BCUT2D eigenvalue weighted by atomic mass is 9.83. The first kappa shape index (κ1) is 29.2. The van der Waals surface area contributed by atoms with Crippen LogP contribution in [0, 0.1) is 5.92 Å². The molecule has 0 spiro atoms. The van der Waals surface area contributed by atoms with Crippen LogP contribution >= 0.6 is 0 Å². The molecule has 0 radical (unpaired) electrons. The Morgan fingerprint density at radius 1 is 1.08 bits per heavy atom. The fourth-order valence-electron chi connectivity index (χ4n) is 5.18. The number of carbonyl (C=O) groups excluding carboxylic acids is 1. The van der Waals surface area contributed by atoms with E-state index >= 15 is 0 Å². The van der Waals surface area contributed by atoms with Crippen molar-refractivity contribution in [1.29, 1.82) is 0 Å². The SMILES string of the molecule is CC(C)(O)C1CCN(c2cc(CN3CCN(C(=O)n4ccc(NS(C)(=O)=O)n4)CC3)ccc2C(F)(F)F)CC1. The average molecular weight is 573 g/mol. The maximum absolute atomic E-state index is 13.8. The number of alkyl halides is 3. The number of carbonyl (C=O) groups is 1. The molecule has 2 N–H and O–H groups in total. The van der Waals surface area contributed by atoms with Gasteiger partial charge in [0.05, 0.1) is 17.4 Å². The van der Waals surface area contributed by atoms with E-state index in [0.717, 1.165) is 22.6 Å². The molecule has 1 aromatic carbocycles. The van der Waals surface area contributed by atoms with Gasteiger partial charge in [0.1, 0.15) is 0 Å². The summed E-state index contributed by atoms with van der Waals surface area (Å²) in [6.07, 6.45) is -0.870. The van der Waals surface area contributed by atoms with E-state index in [4.69, 9.17) is 0 Å². The van der Waals surface area contributed by atoms with Crippen molar-refractivity contribution in [2.75, 3.05) is 55.1 Å². The molecule has 1 aromatic heterocycles. The number of piperazine rings is 1. The minimum atomic E-state index is -4.48. The van der Waals surface area contributed by atoms with Crippen molar-refractivity contribution < 1.29 is 31.5 Å². The van der Waals surface area contributed by atoms with Crippen LogP contribution in [-0.4, -0.2) is 90.3 Å². The van der Waals surface area contributed by atoms with E-state index in [1.54, 1.807) is 29.7 Å². The molecule has 39 heavy (non-hydrogen) atoms. The quantitative estimate of drug-likeness (QED) is 0.548. The lowest BCUT2D eigenvalue weighted by molar-refractivity contribution is -0.137. The van der Waals surface area contributed by atoms with E-state index in [-0.39, 0.29) is 23.5 Å². The molecule has 4 rings (SSSR count). The number of rotatable bonds is 6. The predicted molar refractivity (Wildman–Crippen MR) is 141 cm³/mol. The highest BCUT2D eigenvalue weighted by Gasteiger charge is 2.37. The van der Waals surface area contributed by atoms with Crippen molar-refractivity contribution >= 4 is 27.6 Å². The molecule has 14 heteroatoms. The second kappa shape index (κ2) is 11.0. The van der Waals surface area contributed by atoms with E-state index in [0.29, 0.717) is 58.7 Å². The molecule has 0 saturated carbocycles. The maximum atomic E-state index is 13.8. The van der Waals surface area contributed by atoms with Gasteiger partial charge in [-0.1, -0.05) is 6.07 Å². The summed E-state index contributed by atoms with van der Waals surface area (Å²) in [4.78, 5) is 18.2. The summed E-state index contributed by atoms with van der Waals surface area (Å²) in [6, 6.07) is 5.28. The molecule has 2 aliphatic rings. The first-order valence-electron chi connectivity index (χ1n) is 12.8. The Hall–Kier alpha value is -2.84. The number of hydrogen-bond donors (Lipinski definition) is 2. The molecule has 0 atom stereocenters. The van der Waals surface area contributed by atoms with Gasteiger partial charge in [-0.25, -0.2) is 13.2 Å². The van der Waals surface area contributed by atoms with Gasteiger partial charge in [-0.05, 0) is 50.3 Å². The third-order valence-electron chi connectivity index (χ3n) is 7.33. The van der Waals surface area contributed by atoms with Crippen LogP contribution in [0.1, 0.15) is 37.8 Å². The van der Waals surface area contributed by atoms with Crippen LogP contribution in [0.4, 0.5) is 29.5 Å². The van der Waals surface area contributed by atoms with Gasteiger partial charge in [0, 0.05) is 63.8 Å². The van der Waals surface area contributed by atoms with E-state index < -0.39 is 27.4 Å². The van der Waals surface area contributed by atoms with Gasteiger partial charge in [0.15, 0.2) is 5.82 Å². The number of halogens is 3. The Bertz CT molecular complexity index is 1280. The molecule has 3 heterocycles. The van der Waals surface area contributed by atoms with Gasteiger partial charge >= 0.3 is 12.2 Å². The van der Waals surface area contributed by atoms with E-state index in [2.05, 4.69) is 14.7 Å². The van der Waals surface area contributed by atoms with Crippen LogP contribution in [0.5, 0.6) is 0 Å². The third kappa shape index (κ3) is 7.42. The van der Waals surface area contributed by atoms with Gasteiger partial charge < -0.3 is 14.9 Å². The molecule has 0 unspecified atom stereocenters. The minimum absolute atomic E-state index is 0.0366. The summed E-state index contributed by atoms with van der Waals surface area (Å²) < 4.78 is 67.6. The van der Waals surface area contributed by atoms with Crippen molar-refractivity contribution in [3.8, 4) is 0 Å². The Kier molecular flexibility index (Phi) is 8.20. The zero-order valence-corrected chi connectivity index (χ0v) is 23.1. The summed E-state index contributed by atoms with van der Waals surface area (Å²) >= 11 is 0. The third-order valence-corrected chi connectivity index (χ3v) is 7.91. The monoisotopic (exact) mass is 572 g/mol. The number of aromatic nitrogens is 2. The second-order valence-electron chi connectivity index (χ2n) is 10.8. The topological polar surface area (TPSA) is 111 Å². The highest BCUT2D eigenvalue weighted by molar-refractivity contribution is 7.92. The lowest BCUT2D eigenvalue weighted by Gasteiger charge is -2.40. The largest absolute Gasteiger partial charge is 0.418 e. The first-order chi connectivity index (χ1) is 18.1. The summed E-state index contributed by atoms with van der Waals surface area (Å²) in [5.74, 6) is 0.0847. The van der Waals surface area contributed by atoms with Crippen molar-refractivity contribution in [2.24, 2.45) is 5.92 Å². The summed E-state index contributed by atoms with van der Waals surface area (Å²) in [5, 5.41) is 14.3. The van der Waals surface area contributed by atoms with E-state index in [1.807, 2.05) is 0 Å². The number of nitrogens with zero attached hydrogens (tertiary/aromatic N) is 5. The Labute approximate surface area is 226 Å². The number of aliphatic hydroxyl groups is 1. The maximum Gasteiger partial charge on any atom is 0.418 e. The van der Waals surface area contributed by atoms with Crippen LogP contribution in [0.15, 0.2) is 30.5 Å². The number of amides is 1. The standard InChI is InChI=1S/C25H35F3N6O4S/c1-24(2,36)19-6-9-32(10-7-19)21-16-18(4-5-20(21)25(26,27)28)17-31-12-14-33(15-13-31)23(35)34-11-8-22(29-34)30-39(3,37)38/h4-5,8,11,16,19,36H,6-7,9-10,12-15,17H2,1-3H3,(H,29,30). The second-order valence-corrected chi connectivity index (χ2v) is 12.6. The van der Waals surface area contributed by atoms with Crippen LogP contribution < -0.4 is 9.62 Å². The normalized spacial score (nSPS) is 18.4. The molecule has 2 aliphatic heterocycles. The number of hydrogen-bond acceptors (Lipinski definition) is 7. The number of sulfonamides is 1. The zero-order chi connectivity index (χ0) is 28.6. The van der Waals surface area contributed by atoms with Crippen LogP contribution in [0.2, 0.25) is 0 Å². The van der Waals surface area contributed by atoms with Gasteiger partial charge in [-0.15, -0.1) is 5.10 Å². The van der Waals surface area contributed by atoms with E-state index in [9.17, 15) is 31.5 Å². The number of nitrogens with one attached hydrogen (secondary N) is 1. The lowest BCUT2D eigenvalue weighted by Crippen LogP contribution is -2.49. The Morgan fingerprint density at radius 3 is 2.28 bits per heavy atom. The summed E-state index contributed by atoms with van der Waals surface area (Å²) in [6.45, 7) is 6.64. The number of anilines is 2. The molecule has 2 aromatic rings. The van der Waals surface area contributed by atoms with E-state index in [1.165, 1.54) is 18.3 Å². The fraction of sp³-hybridized carbons (Fsp3) is 0.600. The fourth-order valence-corrected chi connectivity index (χ4v) is 5.67. The summed E-state index contributed by atoms with van der Waals surface area (Å²) in [7, 11) is -3.51. The molecule has 2 fully saturated rings. The molecule has 0 aliphatic carbocycles. The molecule has 10 nitrogen and oxygen atoms in total. The molecule has 2 saturated heterocycles. The molecule has 0 bridgehead atoms. The van der Waals surface area contributed by atoms with Gasteiger partial charge in [-0.2, -0.15) is 17.9 Å². The van der Waals surface area contributed by atoms with Gasteiger partial charge in [0.25, 0.3) is 0 Å². The molecule has 1 amide bonds. The van der Waals surface area contributed by atoms with Crippen molar-refractivity contribution in [3.05, 3.63) is 41.6 Å². The predicted octanol–water partition coefficient (Wildman–Crippen LogP) is 3.05. The highest BCUT2D eigenvalue weighted by Crippen LogP contribution is 2.39. The van der Waals surface area contributed by atoms with Gasteiger partial charge in [-0.3, -0.25) is 9.62 Å². The number of benzene rings is 1. The van der Waals surface area contributed by atoms with Gasteiger partial charge in [0.2, 0.25) is 10.0 Å². The Morgan fingerprint density at radius 2 is 1.72 bits per heavy atom. The molecule has 216 valence electrons. The number of piperidine rings is 1. The van der Waals surface area contributed by atoms with Crippen molar-refractivity contribution in [3.63, 3.8) is 0 Å². The smallest absolute Gasteiger partial charge is 0.390 e. The van der Waals surface area contributed by atoms with Crippen molar-refractivity contribution in [1.82, 2.24) is 19.6 Å². The Balaban J connectivity index is 1.39. The van der Waals surface area contributed by atoms with Crippen LogP contribution in [0.25, 0.3) is 0 Å². The first-order valence-corrected chi connectivity index (χ1v) is 14.7. The van der Waals surface area contributed by atoms with Crippen LogP contribution in [0.3, 0.4) is 0 Å². The average Bonchev–Trinajstić information content (AvgIpc) is 3.29. The minimum Gasteiger partial charge on any atom is -0.390 e. The zero-order valence-electron chi connectivity index (χ0n) is 22.3. The van der Waals surface area contributed by atoms with Crippen LogP contribution in [-0.2, 0) is 22.7 Å². The van der Waals surface area contributed by atoms with Crippen molar-refractivity contribution in [2.45, 2.75) is 45.0 Å².